The molecular formula is C12H11F2N3OS. The number of hydrogen-bond donors (Lipinski definition) is 2. The van der Waals surface area contributed by atoms with Gasteiger partial charge in [-0.1, -0.05) is 0 Å². The van der Waals surface area contributed by atoms with Crippen LogP contribution in [-0.2, 0) is 6.54 Å². The first-order valence-electron chi connectivity index (χ1n) is 5.41. The number of carbonyl (C=O) groups is 1. The Hall–Kier alpha value is -2.02. The minimum Gasteiger partial charge on any atom is -0.398 e. The van der Waals surface area contributed by atoms with E-state index in [1.165, 1.54) is 11.3 Å². The highest BCUT2D eigenvalue weighted by atomic mass is 32.1. The summed E-state index contributed by atoms with van der Waals surface area (Å²) in [5, 5.41) is 5.25. The summed E-state index contributed by atoms with van der Waals surface area (Å²) in [5.41, 5.74) is 5.99. The maximum absolute atomic E-state index is 13.1. The zero-order valence-corrected chi connectivity index (χ0v) is 10.9. The van der Waals surface area contributed by atoms with Gasteiger partial charge in [0.1, 0.15) is 0 Å². The molecule has 0 bridgehead atoms. The maximum atomic E-state index is 13.1. The van der Waals surface area contributed by atoms with Crippen LogP contribution in [-0.4, -0.2) is 10.9 Å². The predicted molar refractivity (Wildman–Crippen MR) is 68.8 cm³/mol. The van der Waals surface area contributed by atoms with Crippen LogP contribution in [0.1, 0.15) is 21.1 Å². The van der Waals surface area contributed by atoms with E-state index < -0.39 is 17.5 Å². The SMILES string of the molecule is Cc1nc(CNC(=O)c2cc(F)c(F)cc2N)cs1. The third kappa shape index (κ3) is 3.05. The van der Waals surface area contributed by atoms with Crippen molar-refractivity contribution in [3.05, 3.63) is 45.4 Å². The fourth-order valence-electron chi connectivity index (χ4n) is 1.51. The van der Waals surface area contributed by atoms with Crippen molar-refractivity contribution < 1.29 is 13.6 Å². The minimum atomic E-state index is -1.11. The van der Waals surface area contributed by atoms with Gasteiger partial charge in [-0.3, -0.25) is 4.79 Å². The smallest absolute Gasteiger partial charge is 0.253 e. The fourth-order valence-corrected chi connectivity index (χ4v) is 2.13. The third-order valence-electron chi connectivity index (χ3n) is 2.43. The second kappa shape index (κ2) is 5.31. The Morgan fingerprint density at radius 1 is 1.42 bits per heavy atom. The maximum Gasteiger partial charge on any atom is 0.253 e. The molecule has 2 rings (SSSR count). The Morgan fingerprint density at radius 3 is 2.74 bits per heavy atom. The molecule has 1 aromatic carbocycles. The second-order valence-electron chi connectivity index (χ2n) is 3.89. The number of aromatic nitrogens is 1. The number of rotatable bonds is 3. The second-order valence-corrected chi connectivity index (χ2v) is 4.96. The molecule has 0 aliphatic carbocycles. The third-order valence-corrected chi connectivity index (χ3v) is 3.26. The number of nitrogens with one attached hydrogen (secondary N) is 1. The van der Waals surface area contributed by atoms with E-state index in [9.17, 15) is 13.6 Å². The van der Waals surface area contributed by atoms with Gasteiger partial charge in [-0.15, -0.1) is 11.3 Å². The molecule has 1 amide bonds. The van der Waals surface area contributed by atoms with Gasteiger partial charge in [0.05, 0.1) is 22.8 Å². The Balaban J connectivity index is 2.10. The monoisotopic (exact) mass is 283 g/mol. The summed E-state index contributed by atoms with van der Waals surface area (Å²) in [6.07, 6.45) is 0. The lowest BCUT2D eigenvalue weighted by atomic mass is 10.1. The lowest BCUT2D eigenvalue weighted by molar-refractivity contribution is 0.0951. The largest absolute Gasteiger partial charge is 0.398 e. The highest BCUT2D eigenvalue weighted by Gasteiger charge is 2.14. The number of nitrogen functional groups attached to an aromatic ring is 1. The van der Waals surface area contributed by atoms with Crippen molar-refractivity contribution >= 4 is 22.9 Å². The van der Waals surface area contributed by atoms with Crippen molar-refractivity contribution in [1.82, 2.24) is 10.3 Å². The Labute approximate surface area is 112 Å². The first-order chi connectivity index (χ1) is 8.97. The van der Waals surface area contributed by atoms with E-state index in [1.807, 2.05) is 12.3 Å². The van der Waals surface area contributed by atoms with Crippen LogP contribution in [0, 0.1) is 18.6 Å². The van der Waals surface area contributed by atoms with E-state index in [0.717, 1.165) is 17.1 Å². The van der Waals surface area contributed by atoms with Gasteiger partial charge in [-0.05, 0) is 13.0 Å². The predicted octanol–water partition coefficient (Wildman–Crippen LogP) is 2.24. The van der Waals surface area contributed by atoms with E-state index in [-0.39, 0.29) is 17.8 Å². The topological polar surface area (TPSA) is 68.0 Å². The number of aryl methyl sites for hydroxylation is 1. The molecule has 0 aliphatic rings. The van der Waals surface area contributed by atoms with Crippen LogP contribution in [0.25, 0.3) is 0 Å². The first-order valence-corrected chi connectivity index (χ1v) is 6.29. The molecule has 0 atom stereocenters. The van der Waals surface area contributed by atoms with Gasteiger partial charge in [0.15, 0.2) is 11.6 Å². The molecule has 0 spiro atoms. The first kappa shape index (κ1) is 13.4. The number of amides is 1. The molecule has 19 heavy (non-hydrogen) atoms. The molecule has 4 nitrogen and oxygen atoms in total. The normalized spacial score (nSPS) is 10.5. The molecule has 2 aromatic rings. The van der Waals surface area contributed by atoms with Crippen molar-refractivity contribution in [2.75, 3.05) is 5.73 Å². The molecule has 0 saturated heterocycles. The lowest BCUT2D eigenvalue weighted by Crippen LogP contribution is -2.24. The molecule has 100 valence electrons. The molecule has 0 saturated carbocycles. The zero-order chi connectivity index (χ0) is 14.0. The summed E-state index contributed by atoms with van der Waals surface area (Å²) >= 11 is 1.46. The number of hydrogen-bond acceptors (Lipinski definition) is 4. The Kier molecular flexibility index (Phi) is 3.75. The van der Waals surface area contributed by atoms with Crippen molar-refractivity contribution in [3.8, 4) is 0 Å². The Morgan fingerprint density at radius 2 is 2.11 bits per heavy atom. The molecule has 3 N–H and O–H groups in total. The van der Waals surface area contributed by atoms with Crippen LogP contribution < -0.4 is 11.1 Å². The summed E-state index contributed by atoms with van der Waals surface area (Å²) in [6.45, 7) is 2.06. The summed E-state index contributed by atoms with van der Waals surface area (Å²) in [7, 11) is 0. The van der Waals surface area contributed by atoms with Crippen molar-refractivity contribution in [1.29, 1.82) is 0 Å². The van der Waals surface area contributed by atoms with Gasteiger partial charge < -0.3 is 11.1 Å². The van der Waals surface area contributed by atoms with E-state index in [0.29, 0.717) is 5.69 Å². The molecular weight excluding hydrogens is 272 g/mol. The van der Waals surface area contributed by atoms with Gasteiger partial charge in [0.25, 0.3) is 5.91 Å². The van der Waals surface area contributed by atoms with Gasteiger partial charge in [-0.2, -0.15) is 0 Å². The molecule has 0 radical (unpaired) electrons. The van der Waals surface area contributed by atoms with Crippen molar-refractivity contribution in [3.63, 3.8) is 0 Å². The summed E-state index contributed by atoms with van der Waals surface area (Å²) < 4.78 is 25.9. The van der Waals surface area contributed by atoms with Gasteiger partial charge >= 0.3 is 0 Å². The van der Waals surface area contributed by atoms with E-state index in [1.54, 1.807) is 0 Å². The van der Waals surface area contributed by atoms with E-state index in [4.69, 9.17) is 5.73 Å². The van der Waals surface area contributed by atoms with Crippen LogP contribution >= 0.6 is 11.3 Å². The van der Waals surface area contributed by atoms with Crippen LogP contribution in [0.2, 0.25) is 0 Å². The molecule has 0 aliphatic heterocycles. The molecule has 7 heteroatoms. The van der Waals surface area contributed by atoms with Crippen LogP contribution in [0.15, 0.2) is 17.5 Å². The summed E-state index contributed by atoms with van der Waals surface area (Å²) in [5.74, 6) is -2.75. The quantitative estimate of drug-likeness (QED) is 0.849. The summed E-state index contributed by atoms with van der Waals surface area (Å²) in [4.78, 5) is 16.0. The number of halogens is 2. The average molecular weight is 283 g/mol. The lowest BCUT2D eigenvalue weighted by Gasteiger charge is -2.07. The number of thiazole rings is 1. The highest BCUT2D eigenvalue weighted by molar-refractivity contribution is 7.09. The van der Waals surface area contributed by atoms with Crippen LogP contribution in [0.4, 0.5) is 14.5 Å². The fraction of sp³-hybridized carbons (Fsp3) is 0.167. The molecule has 0 fully saturated rings. The minimum absolute atomic E-state index is 0.0918. The number of nitrogens with two attached hydrogens (primary N) is 1. The van der Waals surface area contributed by atoms with E-state index >= 15 is 0 Å². The standard InChI is InChI=1S/C12H11F2N3OS/c1-6-17-7(5-19-6)4-16-12(18)8-2-9(13)10(14)3-11(8)15/h2-3,5H,4,15H2,1H3,(H,16,18). The van der Waals surface area contributed by atoms with Gasteiger partial charge in [0.2, 0.25) is 0 Å². The number of carbonyl (C=O) groups excluding carboxylic acids is 1. The Bertz CT molecular complexity index is 627. The zero-order valence-electron chi connectivity index (χ0n) is 10.0. The van der Waals surface area contributed by atoms with Crippen LogP contribution in [0.5, 0.6) is 0 Å². The average Bonchev–Trinajstić information content (AvgIpc) is 2.77. The molecule has 1 heterocycles. The molecule has 1 aromatic heterocycles. The number of nitrogens with zero attached hydrogens (tertiary/aromatic N) is 1. The number of anilines is 1. The van der Waals surface area contributed by atoms with Crippen LogP contribution in [0.3, 0.4) is 0 Å². The number of benzene rings is 1. The highest BCUT2D eigenvalue weighted by Crippen LogP contribution is 2.17. The van der Waals surface area contributed by atoms with Gasteiger partial charge in [0, 0.05) is 17.1 Å². The van der Waals surface area contributed by atoms with Gasteiger partial charge in [-0.25, -0.2) is 13.8 Å². The summed E-state index contributed by atoms with van der Waals surface area (Å²) in [6, 6.07) is 1.57. The molecule has 0 unspecified atom stereocenters. The van der Waals surface area contributed by atoms with Crippen molar-refractivity contribution in [2.45, 2.75) is 13.5 Å². The van der Waals surface area contributed by atoms with Crippen molar-refractivity contribution in [2.24, 2.45) is 0 Å². The van der Waals surface area contributed by atoms with E-state index in [2.05, 4.69) is 10.3 Å².